The number of rotatable bonds is 5. The fraction of sp³-hybridized carbons (Fsp3) is 0.417. The van der Waals surface area contributed by atoms with Crippen molar-refractivity contribution in [1.29, 1.82) is 0 Å². The number of benzene rings is 1. The second-order valence-electron chi connectivity index (χ2n) is 3.76. The van der Waals surface area contributed by atoms with E-state index in [9.17, 15) is 0 Å². The van der Waals surface area contributed by atoms with E-state index in [1.807, 2.05) is 32.0 Å². The van der Waals surface area contributed by atoms with Crippen molar-refractivity contribution in [2.45, 2.75) is 26.6 Å². The molecule has 3 nitrogen and oxygen atoms in total. The second kappa shape index (κ2) is 5.82. The Bertz CT molecular complexity index is 377. The van der Waals surface area contributed by atoms with Gasteiger partial charge in [0.05, 0.1) is 25.4 Å². The van der Waals surface area contributed by atoms with E-state index < -0.39 is 0 Å². The van der Waals surface area contributed by atoms with Gasteiger partial charge in [-0.3, -0.25) is 0 Å². The van der Waals surface area contributed by atoms with E-state index in [-0.39, 0.29) is 6.10 Å². The van der Waals surface area contributed by atoms with Gasteiger partial charge in [-0.2, -0.15) is 0 Å². The molecule has 88 valence electrons. The van der Waals surface area contributed by atoms with E-state index in [4.69, 9.17) is 27.4 Å². The quantitative estimate of drug-likeness (QED) is 0.800. The molecule has 0 saturated carbocycles. The summed E-state index contributed by atoms with van der Waals surface area (Å²) in [4.78, 5) is 0.336. The number of hydrogen-bond donors (Lipinski definition) is 1. The highest BCUT2D eigenvalue weighted by molar-refractivity contribution is 7.80. The highest BCUT2D eigenvalue weighted by Crippen LogP contribution is 2.20. The fourth-order valence-corrected chi connectivity index (χ4v) is 1.46. The van der Waals surface area contributed by atoms with Crippen LogP contribution in [0.2, 0.25) is 0 Å². The molecular weight excluding hydrogens is 222 g/mol. The molecule has 0 spiro atoms. The lowest BCUT2D eigenvalue weighted by atomic mass is 10.1. The topological polar surface area (TPSA) is 44.5 Å². The molecule has 0 radical (unpaired) electrons. The molecule has 0 aliphatic heterocycles. The van der Waals surface area contributed by atoms with Gasteiger partial charge >= 0.3 is 0 Å². The maximum Gasteiger partial charge on any atom is 0.129 e. The number of ether oxygens (including phenoxy) is 2. The van der Waals surface area contributed by atoms with Gasteiger partial charge in [-0.25, -0.2) is 0 Å². The van der Waals surface area contributed by atoms with Crippen LogP contribution in [0, 0.1) is 0 Å². The van der Waals surface area contributed by atoms with E-state index in [2.05, 4.69) is 0 Å². The third-order valence-electron chi connectivity index (χ3n) is 2.11. The molecule has 1 rings (SSSR count). The number of nitrogens with two attached hydrogens (primary N) is 1. The molecule has 16 heavy (non-hydrogen) atoms. The van der Waals surface area contributed by atoms with E-state index in [1.165, 1.54) is 0 Å². The first-order valence-corrected chi connectivity index (χ1v) is 5.53. The molecule has 0 saturated heterocycles. The highest BCUT2D eigenvalue weighted by atomic mass is 32.1. The Balaban J connectivity index is 2.89. The Kier molecular flexibility index (Phi) is 4.71. The summed E-state index contributed by atoms with van der Waals surface area (Å²) < 4.78 is 10.7. The van der Waals surface area contributed by atoms with Gasteiger partial charge in [0.2, 0.25) is 0 Å². The van der Waals surface area contributed by atoms with Crippen LogP contribution in [0.25, 0.3) is 0 Å². The van der Waals surface area contributed by atoms with Gasteiger partial charge in [0.25, 0.3) is 0 Å². The highest BCUT2D eigenvalue weighted by Gasteiger charge is 2.07. The molecule has 0 unspecified atom stereocenters. The van der Waals surface area contributed by atoms with Crippen LogP contribution < -0.4 is 10.5 Å². The third-order valence-corrected chi connectivity index (χ3v) is 2.33. The minimum atomic E-state index is 0.204. The van der Waals surface area contributed by atoms with Crippen LogP contribution in [0.3, 0.4) is 0 Å². The summed E-state index contributed by atoms with van der Waals surface area (Å²) in [6, 6.07) is 5.71. The fourth-order valence-electron chi connectivity index (χ4n) is 1.30. The average Bonchev–Trinajstić information content (AvgIpc) is 2.25. The van der Waals surface area contributed by atoms with Gasteiger partial charge in [0, 0.05) is 0 Å². The van der Waals surface area contributed by atoms with E-state index in [0.717, 1.165) is 11.1 Å². The van der Waals surface area contributed by atoms with Crippen molar-refractivity contribution in [3.05, 3.63) is 29.3 Å². The first kappa shape index (κ1) is 12.9. The Hall–Kier alpha value is -1.13. The standard InChI is InChI=1S/C12H17NO2S/c1-8(2)15-7-9-4-5-11(14-3)10(6-9)12(13)16/h4-6,8H,7H2,1-3H3,(H2,13,16). The summed E-state index contributed by atoms with van der Waals surface area (Å²) in [6.07, 6.45) is 0.204. The van der Waals surface area contributed by atoms with Crippen molar-refractivity contribution in [3.8, 4) is 5.75 Å². The summed E-state index contributed by atoms with van der Waals surface area (Å²) in [6.45, 7) is 4.55. The maximum atomic E-state index is 5.63. The molecule has 0 heterocycles. The minimum Gasteiger partial charge on any atom is -0.496 e. The zero-order valence-corrected chi connectivity index (χ0v) is 10.6. The summed E-state index contributed by atoms with van der Waals surface area (Å²) in [5.41, 5.74) is 7.42. The van der Waals surface area contributed by atoms with Crippen LogP contribution in [0.5, 0.6) is 5.75 Å². The van der Waals surface area contributed by atoms with Gasteiger partial charge in [-0.15, -0.1) is 0 Å². The summed E-state index contributed by atoms with van der Waals surface area (Å²) in [5.74, 6) is 0.695. The van der Waals surface area contributed by atoms with Crippen molar-refractivity contribution in [2.75, 3.05) is 7.11 Å². The van der Waals surface area contributed by atoms with Gasteiger partial charge in [0.1, 0.15) is 10.7 Å². The number of thiocarbonyl (C=S) groups is 1. The van der Waals surface area contributed by atoms with E-state index >= 15 is 0 Å². The summed E-state index contributed by atoms with van der Waals surface area (Å²) >= 11 is 4.97. The molecule has 0 bridgehead atoms. The van der Waals surface area contributed by atoms with Crippen molar-refractivity contribution in [1.82, 2.24) is 0 Å². The molecule has 4 heteroatoms. The predicted octanol–water partition coefficient (Wildman–Crippen LogP) is 2.25. The second-order valence-corrected chi connectivity index (χ2v) is 4.20. The van der Waals surface area contributed by atoms with E-state index in [0.29, 0.717) is 17.3 Å². The molecular formula is C12H17NO2S. The molecule has 0 atom stereocenters. The van der Waals surface area contributed by atoms with Gasteiger partial charge in [0.15, 0.2) is 0 Å². The Morgan fingerprint density at radius 3 is 2.62 bits per heavy atom. The van der Waals surface area contributed by atoms with Crippen LogP contribution in [0.15, 0.2) is 18.2 Å². The minimum absolute atomic E-state index is 0.204. The first-order valence-electron chi connectivity index (χ1n) is 5.13. The van der Waals surface area contributed by atoms with Crippen LogP contribution >= 0.6 is 12.2 Å². The smallest absolute Gasteiger partial charge is 0.129 e. The van der Waals surface area contributed by atoms with Gasteiger partial charge in [-0.1, -0.05) is 18.3 Å². The largest absolute Gasteiger partial charge is 0.496 e. The molecule has 0 aliphatic carbocycles. The molecule has 0 aromatic heterocycles. The van der Waals surface area contributed by atoms with Gasteiger partial charge < -0.3 is 15.2 Å². The molecule has 0 fully saturated rings. The first-order chi connectivity index (χ1) is 7.54. The summed E-state index contributed by atoms with van der Waals surface area (Å²) in [5, 5.41) is 0. The monoisotopic (exact) mass is 239 g/mol. The third kappa shape index (κ3) is 3.47. The molecule has 1 aromatic carbocycles. The average molecular weight is 239 g/mol. The molecule has 2 N–H and O–H groups in total. The van der Waals surface area contributed by atoms with Crippen molar-refractivity contribution < 1.29 is 9.47 Å². The lowest BCUT2D eigenvalue weighted by Crippen LogP contribution is -2.12. The zero-order valence-electron chi connectivity index (χ0n) is 9.82. The van der Waals surface area contributed by atoms with Crippen molar-refractivity contribution in [3.63, 3.8) is 0 Å². The van der Waals surface area contributed by atoms with Crippen LogP contribution in [0.4, 0.5) is 0 Å². The molecule has 0 amide bonds. The zero-order chi connectivity index (χ0) is 12.1. The Morgan fingerprint density at radius 1 is 1.44 bits per heavy atom. The Morgan fingerprint density at radius 2 is 2.12 bits per heavy atom. The number of hydrogen-bond acceptors (Lipinski definition) is 3. The van der Waals surface area contributed by atoms with Gasteiger partial charge in [-0.05, 0) is 31.5 Å². The van der Waals surface area contributed by atoms with Crippen molar-refractivity contribution in [2.24, 2.45) is 5.73 Å². The van der Waals surface area contributed by atoms with Crippen LogP contribution in [-0.2, 0) is 11.3 Å². The number of methoxy groups -OCH3 is 1. The molecule has 0 aliphatic rings. The van der Waals surface area contributed by atoms with Crippen LogP contribution in [0.1, 0.15) is 25.0 Å². The van der Waals surface area contributed by atoms with E-state index in [1.54, 1.807) is 7.11 Å². The normalized spacial score (nSPS) is 10.5. The molecule has 1 aromatic rings. The maximum absolute atomic E-state index is 5.63. The lowest BCUT2D eigenvalue weighted by molar-refractivity contribution is 0.0657. The summed E-state index contributed by atoms with van der Waals surface area (Å²) in [7, 11) is 1.60. The lowest BCUT2D eigenvalue weighted by Gasteiger charge is -2.11. The SMILES string of the molecule is COc1ccc(COC(C)C)cc1C(N)=S. The van der Waals surface area contributed by atoms with Crippen LogP contribution in [-0.4, -0.2) is 18.2 Å². The van der Waals surface area contributed by atoms with Crippen molar-refractivity contribution >= 4 is 17.2 Å². The predicted molar refractivity (Wildman–Crippen MR) is 68.8 cm³/mol. The Labute approximate surface area is 102 Å².